The van der Waals surface area contributed by atoms with E-state index in [2.05, 4.69) is 4.98 Å². The second kappa shape index (κ2) is 8.53. The molecule has 8 heteroatoms. The lowest BCUT2D eigenvalue weighted by Gasteiger charge is -2.23. The maximum atomic E-state index is 13.0. The fourth-order valence-electron chi connectivity index (χ4n) is 3.48. The van der Waals surface area contributed by atoms with Crippen LogP contribution in [-0.2, 0) is 9.59 Å². The quantitative estimate of drug-likeness (QED) is 0.325. The van der Waals surface area contributed by atoms with Gasteiger partial charge in [0.25, 0.3) is 5.78 Å². The van der Waals surface area contributed by atoms with Crippen molar-refractivity contribution in [3.63, 3.8) is 0 Å². The second-order valence-electron chi connectivity index (χ2n) is 7.23. The number of carbonyl (C=O) groups excluding carboxylic acids is 2. The van der Waals surface area contributed by atoms with Gasteiger partial charge in [0, 0.05) is 22.2 Å². The summed E-state index contributed by atoms with van der Waals surface area (Å²) in [7, 11) is 0. The topological polar surface area (TPSA) is 79.7 Å². The molecular formula is C23H19ClN2O4S. The van der Waals surface area contributed by atoms with E-state index in [1.54, 1.807) is 60.1 Å². The Morgan fingerprint density at radius 3 is 2.55 bits per heavy atom. The number of thiazole rings is 1. The maximum absolute atomic E-state index is 13.0. The number of amides is 1. The van der Waals surface area contributed by atoms with Gasteiger partial charge in [0.05, 0.1) is 17.7 Å². The van der Waals surface area contributed by atoms with Gasteiger partial charge in [-0.25, -0.2) is 4.98 Å². The summed E-state index contributed by atoms with van der Waals surface area (Å²) < 4.78 is 5.63. The van der Waals surface area contributed by atoms with Gasteiger partial charge in [0.2, 0.25) is 0 Å². The van der Waals surface area contributed by atoms with Gasteiger partial charge >= 0.3 is 5.91 Å². The molecule has 0 unspecified atom stereocenters. The lowest BCUT2D eigenvalue weighted by Crippen LogP contribution is -2.29. The van der Waals surface area contributed by atoms with Crippen molar-refractivity contribution in [1.29, 1.82) is 0 Å². The Bertz CT molecular complexity index is 1160. The van der Waals surface area contributed by atoms with Crippen molar-refractivity contribution in [2.75, 3.05) is 4.90 Å². The van der Waals surface area contributed by atoms with Gasteiger partial charge < -0.3 is 9.84 Å². The molecule has 1 N–H and O–H groups in total. The van der Waals surface area contributed by atoms with Crippen LogP contribution in [0.15, 0.2) is 65.7 Å². The van der Waals surface area contributed by atoms with Gasteiger partial charge in [-0.1, -0.05) is 23.7 Å². The van der Waals surface area contributed by atoms with Crippen LogP contribution in [0.25, 0.3) is 5.76 Å². The van der Waals surface area contributed by atoms with Crippen LogP contribution in [0.1, 0.15) is 31.0 Å². The standard InChI is InChI=1S/C23H19ClN2O4S/c1-13(2)30-17-8-6-14(7-9-17)20(27)18-19(15-4-3-5-16(24)12-15)26(22(29)21(18)28)23-25-10-11-31-23/h3-13,19,27H,1-2H3/t19-/m1/s1. The molecule has 0 bridgehead atoms. The summed E-state index contributed by atoms with van der Waals surface area (Å²) in [6, 6.07) is 12.7. The molecule has 0 saturated carbocycles. The highest BCUT2D eigenvalue weighted by Crippen LogP contribution is 2.43. The molecule has 1 fully saturated rings. The van der Waals surface area contributed by atoms with Crippen LogP contribution in [0.3, 0.4) is 0 Å². The number of aliphatic hydroxyl groups is 1. The number of benzene rings is 2. The van der Waals surface area contributed by atoms with Crippen LogP contribution < -0.4 is 9.64 Å². The monoisotopic (exact) mass is 454 g/mol. The molecule has 1 atom stereocenters. The highest BCUT2D eigenvalue weighted by molar-refractivity contribution is 7.14. The molecule has 158 valence electrons. The first-order valence-electron chi connectivity index (χ1n) is 9.60. The van der Waals surface area contributed by atoms with Crippen molar-refractivity contribution in [1.82, 2.24) is 4.98 Å². The van der Waals surface area contributed by atoms with Gasteiger partial charge in [-0.2, -0.15) is 0 Å². The zero-order valence-corrected chi connectivity index (χ0v) is 18.4. The van der Waals surface area contributed by atoms with Crippen molar-refractivity contribution in [3.8, 4) is 5.75 Å². The number of aromatic nitrogens is 1. The predicted octanol–water partition coefficient (Wildman–Crippen LogP) is 5.21. The largest absolute Gasteiger partial charge is 0.507 e. The van der Waals surface area contributed by atoms with E-state index in [-0.39, 0.29) is 17.4 Å². The zero-order chi connectivity index (χ0) is 22.1. The Morgan fingerprint density at radius 2 is 1.94 bits per heavy atom. The summed E-state index contributed by atoms with van der Waals surface area (Å²) >= 11 is 7.41. The lowest BCUT2D eigenvalue weighted by molar-refractivity contribution is -0.132. The van der Waals surface area contributed by atoms with E-state index in [4.69, 9.17) is 16.3 Å². The molecule has 0 aliphatic carbocycles. The van der Waals surface area contributed by atoms with Crippen LogP contribution in [0.4, 0.5) is 5.13 Å². The molecule has 6 nitrogen and oxygen atoms in total. The predicted molar refractivity (Wildman–Crippen MR) is 121 cm³/mol. The van der Waals surface area contributed by atoms with Gasteiger partial charge in [-0.3, -0.25) is 14.5 Å². The summed E-state index contributed by atoms with van der Waals surface area (Å²) in [6.07, 6.45) is 1.56. The van der Waals surface area contributed by atoms with Crippen LogP contribution in [0.2, 0.25) is 5.02 Å². The minimum absolute atomic E-state index is 0.00546. The molecule has 0 spiro atoms. The first kappa shape index (κ1) is 21.1. The Balaban J connectivity index is 1.85. The van der Waals surface area contributed by atoms with Crippen molar-refractivity contribution in [3.05, 3.63) is 81.8 Å². The fourth-order valence-corrected chi connectivity index (χ4v) is 4.34. The molecule has 1 saturated heterocycles. The number of Topliss-reactive ketones (excluding diaryl/α,β-unsaturated/α-hetero) is 1. The van der Waals surface area contributed by atoms with Gasteiger partial charge in [-0.15, -0.1) is 11.3 Å². The lowest BCUT2D eigenvalue weighted by atomic mass is 9.95. The first-order valence-corrected chi connectivity index (χ1v) is 10.9. The first-order chi connectivity index (χ1) is 14.9. The Hall–Kier alpha value is -3.16. The number of hydrogen-bond donors (Lipinski definition) is 1. The van der Waals surface area contributed by atoms with Crippen LogP contribution >= 0.6 is 22.9 Å². The summed E-state index contributed by atoms with van der Waals surface area (Å²) in [5, 5.41) is 13.6. The number of halogens is 1. The number of ether oxygens (including phenoxy) is 1. The minimum Gasteiger partial charge on any atom is -0.507 e. The molecule has 1 aliphatic rings. The Labute approximate surface area is 188 Å². The molecule has 1 amide bonds. The average molecular weight is 455 g/mol. The minimum atomic E-state index is -0.851. The number of aliphatic hydroxyl groups excluding tert-OH is 1. The summed E-state index contributed by atoms with van der Waals surface area (Å²) in [6.45, 7) is 3.83. The zero-order valence-electron chi connectivity index (χ0n) is 16.8. The average Bonchev–Trinajstić information content (AvgIpc) is 3.35. The highest BCUT2D eigenvalue weighted by Gasteiger charge is 2.48. The third-order valence-electron chi connectivity index (χ3n) is 4.73. The van der Waals surface area contributed by atoms with Gasteiger partial charge in [0.1, 0.15) is 11.5 Å². The number of anilines is 1. The molecular weight excluding hydrogens is 436 g/mol. The van der Waals surface area contributed by atoms with Gasteiger partial charge in [0.15, 0.2) is 5.13 Å². The molecule has 3 aromatic rings. The van der Waals surface area contributed by atoms with E-state index in [9.17, 15) is 14.7 Å². The molecule has 1 aliphatic heterocycles. The number of rotatable bonds is 5. The second-order valence-corrected chi connectivity index (χ2v) is 8.54. The summed E-state index contributed by atoms with van der Waals surface area (Å²) in [5.74, 6) is -1.15. The van der Waals surface area contributed by atoms with Crippen molar-refractivity contribution in [2.24, 2.45) is 0 Å². The fraction of sp³-hybridized carbons (Fsp3) is 0.174. The highest BCUT2D eigenvalue weighted by atomic mass is 35.5. The number of nitrogens with zero attached hydrogens (tertiary/aromatic N) is 2. The third-order valence-corrected chi connectivity index (χ3v) is 5.74. The molecule has 2 aromatic carbocycles. The summed E-state index contributed by atoms with van der Waals surface area (Å²) in [4.78, 5) is 31.5. The van der Waals surface area contributed by atoms with Crippen molar-refractivity contribution in [2.45, 2.75) is 26.0 Å². The van der Waals surface area contributed by atoms with Crippen molar-refractivity contribution >= 4 is 45.5 Å². The third kappa shape index (κ3) is 4.06. The molecule has 2 heterocycles. The Morgan fingerprint density at radius 1 is 1.19 bits per heavy atom. The maximum Gasteiger partial charge on any atom is 0.301 e. The van der Waals surface area contributed by atoms with E-state index in [1.807, 2.05) is 13.8 Å². The summed E-state index contributed by atoms with van der Waals surface area (Å²) in [5.41, 5.74) is 0.989. The number of carbonyl (C=O) groups is 2. The molecule has 0 radical (unpaired) electrons. The molecule has 4 rings (SSSR count). The van der Waals surface area contributed by atoms with E-state index in [0.717, 1.165) is 0 Å². The normalized spacial score (nSPS) is 18.1. The Kier molecular flexibility index (Phi) is 5.80. The SMILES string of the molecule is CC(C)Oc1ccc(C(O)=C2C(=O)C(=O)N(c3nccs3)[C@@H]2c2cccc(Cl)c2)cc1. The number of hydrogen-bond acceptors (Lipinski definition) is 6. The molecule has 31 heavy (non-hydrogen) atoms. The van der Waals surface area contributed by atoms with E-state index < -0.39 is 17.7 Å². The van der Waals surface area contributed by atoms with Crippen LogP contribution in [0, 0.1) is 0 Å². The smallest absolute Gasteiger partial charge is 0.301 e. The van der Waals surface area contributed by atoms with E-state index >= 15 is 0 Å². The molecule has 1 aromatic heterocycles. The van der Waals surface area contributed by atoms with Crippen LogP contribution in [0.5, 0.6) is 5.75 Å². The number of ketones is 1. The van der Waals surface area contributed by atoms with E-state index in [1.165, 1.54) is 16.2 Å². The van der Waals surface area contributed by atoms with Crippen molar-refractivity contribution < 1.29 is 19.4 Å². The van der Waals surface area contributed by atoms with Crippen LogP contribution in [-0.4, -0.2) is 27.9 Å². The van der Waals surface area contributed by atoms with E-state index in [0.29, 0.717) is 27.0 Å². The van der Waals surface area contributed by atoms with Gasteiger partial charge in [-0.05, 0) is 55.8 Å².